The van der Waals surface area contributed by atoms with Crippen LogP contribution in [-0.4, -0.2) is 41.4 Å². The number of carbonyl (C=O) groups is 1. The van der Waals surface area contributed by atoms with Gasteiger partial charge >= 0.3 is 5.97 Å². The largest absolute Gasteiger partial charge is 0.463 e. The van der Waals surface area contributed by atoms with Crippen molar-refractivity contribution in [1.29, 1.82) is 0 Å². The zero-order valence-electron chi connectivity index (χ0n) is 15.3. The molecule has 6 heteroatoms. The summed E-state index contributed by atoms with van der Waals surface area (Å²) in [7, 11) is 7.06. The molecule has 0 aromatic heterocycles. The van der Waals surface area contributed by atoms with Gasteiger partial charge < -0.3 is 9.47 Å². The van der Waals surface area contributed by atoms with Crippen LogP contribution in [0.25, 0.3) is 0 Å². The van der Waals surface area contributed by atoms with E-state index in [-0.39, 0.29) is 23.3 Å². The van der Waals surface area contributed by atoms with Crippen molar-refractivity contribution in [3.8, 4) is 0 Å². The number of carbonyl (C=O) groups excluding carboxylic acids is 1. The van der Waals surface area contributed by atoms with Gasteiger partial charge in [-0.05, 0) is 78.9 Å². The first-order chi connectivity index (χ1) is 11.2. The van der Waals surface area contributed by atoms with Gasteiger partial charge in [-0.15, -0.1) is 0 Å². The molecule has 0 amide bonds. The summed E-state index contributed by atoms with van der Waals surface area (Å²) >= 11 is 0. The molecule has 2 aliphatic heterocycles. The fourth-order valence-corrected chi connectivity index (χ4v) is 4.86. The van der Waals surface area contributed by atoms with Crippen LogP contribution in [0.5, 0.6) is 0 Å². The third kappa shape index (κ3) is 4.69. The normalized spacial score (nSPS) is 32.4. The summed E-state index contributed by atoms with van der Waals surface area (Å²) in [6.07, 6.45) is 4.18. The molecule has 3 atom stereocenters. The fraction of sp³-hybridized carbons (Fsp3) is 0.833. The molecule has 2 heterocycles. The Hall–Kier alpha value is -0.230. The Morgan fingerprint density at radius 1 is 1.42 bits per heavy atom. The van der Waals surface area contributed by atoms with Crippen molar-refractivity contribution in [2.24, 2.45) is 5.92 Å². The number of piperidine rings is 1. The number of rotatable bonds is 7. The Kier molecular flexibility index (Phi) is 6.68. The van der Waals surface area contributed by atoms with Crippen molar-refractivity contribution >= 4 is 27.6 Å². The highest BCUT2D eigenvalue weighted by Gasteiger charge is 2.54. The van der Waals surface area contributed by atoms with Gasteiger partial charge in [0.25, 0.3) is 0 Å². The number of ether oxygens (including phenoxy) is 2. The van der Waals surface area contributed by atoms with Gasteiger partial charge in [0.15, 0.2) is 0 Å². The van der Waals surface area contributed by atoms with Crippen molar-refractivity contribution in [2.75, 3.05) is 13.2 Å². The molecule has 3 unspecified atom stereocenters. The second-order valence-corrected chi connectivity index (χ2v) is 9.06. The van der Waals surface area contributed by atoms with Gasteiger partial charge in [0.05, 0.1) is 0 Å². The number of hydrogen-bond donors (Lipinski definition) is 0. The van der Waals surface area contributed by atoms with E-state index in [1.807, 2.05) is 6.92 Å². The highest BCUT2D eigenvalue weighted by Crippen LogP contribution is 2.48. The van der Waals surface area contributed by atoms with Crippen molar-refractivity contribution in [1.82, 2.24) is 4.90 Å². The van der Waals surface area contributed by atoms with Crippen LogP contribution >= 0.6 is 21.7 Å². The molecule has 2 fully saturated rings. The van der Waals surface area contributed by atoms with Crippen molar-refractivity contribution in [3.05, 3.63) is 11.5 Å². The lowest BCUT2D eigenvalue weighted by molar-refractivity contribution is -0.170. The standard InChI is InChI=1S/C18H30ClNO3S/c1-6-7-16(21)22-12-15-11-20-17(3,4)9-14(8-13(2)24-19)10-18(20,5)23-15/h14-15H,2,6-12H2,1,3-5H3. The van der Waals surface area contributed by atoms with Crippen LogP contribution in [0.3, 0.4) is 0 Å². The summed E-state index contributed by atoms with van der Waals surface area (Å²) in [6.45, 7) is 13.8. The average molecular weight is 376 g/mol. The van der Waals surface area contributed by atoms with Gasteiger partial charge in [-0.25, -0.2) is 0 Å². The first-order valence-electron chi connectivity index (χ1n) is 8.77. The van der Waals surface area contributed by atoms with E-state index in [9.17, 15) is 4.79 Å². The summed E-state index contributed by atoms with van der Waals surface area (Å²) in [5, 5.41) is 0. The Morgan fingerprint density at radius 3 is 2.75 bits per heavy atom. The van der Waals surface area contributed by atoms with Crippen molar-refractivity contribution in [2.45, 2.75) is 77.2 Å². The van der Waals surface area contributed by atoms with Crippen LogP contribution in [0.4, 0.5) is 0 Å². The van der Waals surface area contributed by atoms with Gasteiger partial charge in [0.2, 0.25) is 0 Å². The Balaban J connectivity index is 2.00. The maximum atomic E-state index is 11.6. The molecule has 0 N–H and O–H groups in total. The second kappa shape index (κ2) is 7.98. The molecule has 0 bridgehead atoms. The maximum absolute atomic E-state index is 11.6. The highest BCUT2D eigenvalue weighted by atomic mass is 35.7. The minimum atomic E-state index is -0.314. The average Bonchev–Trinajstić information content (AvgIpc) is 2.82. The van der Waals surface area contributed by atoms with Crippen molar-refractivity contribution < 1.29 is 14.3 Å². The van der Waals surface area contributed by atoms with E-state index in [4.69, 9.17) is 20.2 Å². The number of halogens is 1. The quantitative estimate of drug-likeness (QED) is 0.601. The van der Waals surface area contributed by atoms with Gasteiger partial charge in [0, 0.05) is 18.5 Å². The Bertz CT molecular complexity index is 485. The predicted octanol–water partition coefficient (Wildman–Crippen LogP) is 4.73. The molecule has 0 aromatic rings. The van der Waals surface area contributed by atoms with Crippen LogP contribution < -0.4 is 0 Å². The number of allylic oxidation sites excluding steroid dienone is 1. The van der Waals surface area contributed by atoms with E-state index in [0.29, 0.717) is 18.9 Å². The number of esters is 1. The molecule has 0 spiro atoms. The lowest BCUT2D eigenvalue weighted by Gasteiger charge is -2.52. The molecule has 24 heavy (non-hydrogen) atoms. The molecule has 0 radical (unpaired) electrons. The monoisotopic (exact) mass is 375 g/mol. The molecule has 0 aromatic carbocycles. The first kappa shape index (κ1) is 20.1. The molecule has 2 rings (SSSR count). The molecule has 0 saturated carbocycles. The van der Waals surface area contributed by atoms with E-state index in [2.05, 4.69) is 32.3 Å². The molecule has 2 saturated heterocycles. The third-order valence-corrected chi connectivity index (χ3v) is 6.11. The Labute approximate surface area is 154 Å². The zero-order chi connectivity index (χ0) is 18.0. The lowest BCUT2D eigenvalue weighted by Crippen LogP contribution is -2.59. The van der Waals surface area contributed by atoms with E-state index in [1.54, 1.807) is 0 Å². The molecular formula is C18H30ClNO3S. The number of fused-ring (bicyclic) bond motifs is 1. The second-order valence-electron chi connectivity index (χ2n) is 7.87. The van der Waals surface area contributed by atoms with Gasteiger partial charge in [0.1, 0.15) is 18.4 Å². The summed E-state index contributed by atoms with van der Waals surface area (Å²) in [4.78, 5) is 15.1. The van der Waals surface area contributed by atoms with Crippen LogP contribution in [0.2, 0.25) is 0 Å². The van der Waals surface area contributed by atoms with Crippen LogP contribution in [0.15, 0.2) is 11.5 Å². The molecule has 0 aliphatic carbocycles. The third-order valence-electron chi connectivity index (χ3n) is 5.07. The SMILES string of the molecule is C=C(CC1CC(C)(C)N2CC(COC(=O)CCC)OC2(C)C1)SCl. The van der Waals surface area contributed by atoms with Gasteiger partial charge in [-0.3, -0.25) is 9.69 Å². The number of hydrogen-bond acceptors (Lipinski definition) is 5. The van der Waals surface area contributed by atoms with E-state index >= 15 is 0 Å². The van der Waals surface area contributed by atoms with Gasteiger partial charge in [-0.1, -0.05) is 13.5 Å². The summed E-state index contributed by atoms with van der Waals surface area (Å²) < 4.78 is 11.7. The molecule has 138 valence electrons. The van der Waals surface area contributed by atoms with Crippen LogP contribution in [-0.2, 0) is 14.3 Å². The van der Waals surface area contributed by atoms with E-state index in [1.165, 1.54) is 11.0 Å². The summed E-state index contributed by atoms with van der Waals surface area (Å²) in [6, 6.07) is 0. The molecular weight excluding hydrogens is 346 g/mol. The fourth-order valence-electron chi connectivity index (χ4n) is 4.37. The molecule has 4 nitrogen and oxygen atoms in total. The first-order valence-corrected chi connectivity index (χ1v) is 10.4. The lowest BCUT2D eigenvalue weighted by atomic mass is 9.76. The predicted molar refractivity (Wildman–Crippen MR) is 99.9 cm³/mol. The summed E-state index contributed by atoms with van der Waals surface area (Å²) in [5.74, 6) is 0.366. The Morgan fingerprint density at radius 2 is 2.12 bits per heavy atom. The minimum absolute atomic E-state index is 0.0388. The highest BCUT2D eigenvalue weighted by molar-refractivity contribution is 8.24. The van der Waals surface area contributed by atoms with E-state index in [0.717, 1.165) is 37.1 Å². The minimum Gasteiger partial charge on any atom is -0.463 e. The van der Waals surface area contributed by atoms with Crippen LogP contribution in [0.1, 0.15) is 59.8 Å². The smallest absolute Gasteiger partial charge is 0.305 e. The summed E-state index contributed by atoms with van der Waals surface area (Å²) in [5.41, 5.74) is -0.275. The van der Waals surface area contributed by atoms with Crippen LogP contribution in [0, 0.1) is 5.92 Å². The topological polar surface area (TPSA) is 38.8 Å². The van der Waals surface area contributed by atoms with Gasteiger partial charge in [-0.2, -0.15) is 0 Å². The number of nitrogens with zero attached hydrogens (tertiary/aromatic N) is 1. The van der Waals surface area contributed by atoms with E-state index < -0.39 is 0 Å². The zero-order valence-corrected chi connectivity index (χ0v) is 16.8. The van der Waals surface area contributed by atoms with Crippen molar-refractivity contribution in [3.63, 3.8) is 0 Å². The maximum Gasteiger partial charge on any atom is 0.305 e. The molecule has 2 aliphatic rings.